The Balaban J connectivity index is 3.09. The third kappa shape index (κ3) is 1.74. The molecule has 0 fully saturated rings. The van der Waals surface area contributed by atoms with Gasteiger partial charge in [-0.3, -0.25) is 4.79 Å². The van der Waals surface area contributed by atoms with Gasteiger partial charge in [-0.25, -0.2) is 0 Å². The smallest absolute Gasteiger partial charge is 0.248 e. The zero-order chi connectivity index (χ0) is 9.14. The molecule has 0 aliphatic heterocycles. The Morgan fingerprint density at radius 2 is 2.33 bits per heavy atom. The van der Waals surface area contributed by atoms with Crippen molar-refractivity contribution >= 4 is 0 Å². The van der Waals surface area contributed by atoms with Crippen molar-refractivity contribution in [2.45, 2.75) is 26.3 Å². The molecule has 0 amide bonds. The summed E-state index contributed by atoms with van der Waals surface area (Å²) in [5.41, 5.74) is 7.74. The van der Waals surface area contributed by atoms with Gasteiger partial charge in [0, 0.05) is 18.3 Å². The summed E-state index contributed by atoms with van der Waals surface area (Å²) in [6.45, 7) is 3.93. The van der Waals surface area contributed by atoms with Crippen LogP contribution >= 0.6 is 0 Å². The van der Waals surface area contributed by atoms with Gasteiger partial charge in [0.15, 0.2) is 0 Å². The van der Waals surface area contributed by atoms with E-state index >= 15 is 0 Å². The second-order valence-corrected chi connectivity index (χ2v) is 2.95. The lowest BCUT2D eigenvalue weighted by atomic mass is 10.0. The summed E-state index contributed by atoms with van der Waals surface area (Å²) in [5, 5.41) is 0. The number of aromatic amines is 1. The lowest BCUT2D eigenvalue weighted by Crippen LogP contribution is -2.14. The monoisotopic (exact) mass is 166 g/mol. The number of rotatable bonds is 2. The van der Waals surface area contributed by atoms with E-state index in [-0.39, 0.29) is 11.6 Å². The number of nitrogens with one attached hydrogen (secondary N) is 1. The first-order valence-electron chi connectivity index (χ1n) is 4.10. The maximum absolute atomic E-state index is 10.9. The van der Waals surface area contributed by atoms with Crippen molar-refractivity contribution in [3.63, 3.8) is 0 Å². The van der Waals surface area contributed by atoms with Gasteiger partial charge in [0.05, 0.1) is 0 Å². The number of nitrogens with two attached hydrogens (primary N) is 1. The maximum Gasteiger partial charge on any atom is 0.248 e. The molecule has 0 aromatic carbocycles. The Labute approximate surface area is 71.6 Å². The molecule has 66 valence electrons. The predicted octanol–water partition coefficient (Wildman–Crippen LogP) is 1.09. The largest absolute Gasteiger partial charge is 0.329 e. The Morgan fingerprint density at radius 3 is 2.83 bits per heavy atom. The van der Waals surface area contributed by atoms with Crippen LogP contribution in [0.2, 0.25) is 0 Å². The van der Waals surface area contributed by atoms with Gasteiger partial charge in [0.2, 0.25) is 5.56 Å². The van der Waals surface area contributed by atoms with Crippen molar-refractivity contribution in [3.8, 4) is 0 Å². The van der Waals surface area contributed by atoms with Gasteiger partial charge < -0.3 is 10.7 Å². The molecule has 0 aliphatic carbocycles. The molecular formula is C9H14N2O. The Kier molecular flexibility index (Phi) is 2.65. The molecule has 3 N–H and O–H groups in total. The van der Waals surface area contributed by atoms with E-state index in [9.17, 15) is 4.79 Å². The topological polar surface area (TPSA) is 58.9 Å². The van der Waals surface area contributed by atoms with Crippen LogP contribution < -0.4 is 11.3 Å². The fourth-order valence-electron chi connectivity index (χ4n) is 1.20. The number of hydrogen-bond acceptors (Lipinski definition) is 2. The van der Waals surface area contributed by atoms with Crippen LogP contribution in [0.3, 0.4) is 0 Å². The van der Waals surface area contributed by atoms with Gasteiger partial charge >= 0.3 is 0 Å². The average Bonchev–Trinajstić information content (AvgIpc) is 2.03. The van der Waals surface area contributed by atoms with E-state index in [1.54, 1.807) is 12.3 Å². The molecule has 3 nitrogen and oxygen atoms in total. The SMILES string of the molecule is CCC(N)c1c[nH]c(=O)cc1C. The van der Waals surface area contributed by atoms with Crippen LogP contribution in [0.4, 0.5) is 0 Å². The van der Waals surface area contributed by atoms with E-state index in [1.165, 1.54) is 0 Å². The maximum atomic E-state index is 10.9. The van der Waals surface area contributed by atoms with Crippen molar-refractivity contribution in [1.29, 1.82) is 0 Å². The number of aryl methyl sites for hydroxylation is 1. The molecule has 3 heteroatoms. The number of pyridine rings is 1. The normalized spacial score (nSPS) is 12.9. The fraction of sp³-hybridized carbons (Fsp3) is 0.444. The van der Waals surface area contributed by atoms with Crippen LogP contribution in [0.5, 0.6) is 0 Å². The van der Waals surface area contributed by atoms with E-state index in [0.717, 1.165) is 17.5 Å². The molecule has 0 saturated heterocycles. The first-order chi connectivity index (χ1) is 5.65. The van der Waals surface area contributed by atoms with E-state index in [2.05, 4.69) is 4.98 Å². The molecular weight excluding hydrogens is 152 g/mol. The molecule has 1 heterocycles. The first kappa shape index (κ1) is 9.00. The van der Waals surface area contributed by atoms with Crippen LogP contribution in [0.1, 0.15) is 30.5 Å². The summed E-state index contributed by atoms with van der Waals surface area (Å²) >= 11 is 0. The molecule has 1 unspecified atom stereocenters. The summed E-state index contributed by atoms with van der Waals surface area (Å²) in [6.07, 6.45) is 2.58. The standard InChI is InChI=1S/C9H14N2O/c1-3-8(10)7-5-11-9(12)4-6(7)2/h4-5,8H,3,10H2,1-2H3,(H,11,12). The highest BCUT2D eigenvalue weighted by Gasteiger charge is 2.05. The number of H-pyrrole nitrogens is 1. The Bertz CT molecular complexity index is 317. The summed E-state index contributed by atoms with van der Waals surface area (Å²) in [7, 11) is 0. The Hall–Kier alpha value is -1.09. The van der Waals surface area contributed by atoms with E-state index in [0.29, 0.717) is 0 Å². The summed E-state index contributed by atoms with van der Waals surface area (Å²) in [6, 6.07) is 1.60. The minimum absolute atomic E-state index is 0.0295. The fourth-order valence-corrected chi connectivity index (χ4v) is 1.20. The minimum Gasteiger partial charge on any atom is -0.329 e. The molecule has 1 rings (SSSR count). The van der Waals surface area contributed by atoms with Gasteiger partial charge in [-0.15, -0.1) is 0 Å². The van der Waals surface area contributed by atoms with Gasteiger partial charge in [0.1, 0.15) is 0 Å². The van der Waals surface area contributed by atoms with Crippen LogP contribution in [0, 0.1) is 6.92 Å². The van der Waals surface area contributed by atoms with Gasteiger partial charge in [-0.1, -0.05) is 6.92 Å². The molecule has 0 radical (unpaired) electrons. The predicted molar refractivity (Wildman–Crippen MR) is 49.0 cm³/mol. The number of hydrogen-bond donors (Lipinski definition) is 2. The molecule has 0 spiro atoms. The van der Waals surface area contributed by atoms with Gasteiger partial charge in [-0.05, 0) is 24.5 Å². The lowest BCUT2D eigenvalue weighted by molar-refractivity contribution is 0.689. The molecule has 0 bridgehead atoms. The van der Waals surface area contributed by atoms with Crippen LogP contribution in [0.15, 0.2) is 17.1 Å². The summed E-state index contributed by atoms with van der Waals surface area (Å²) in [4.78, 5) is 13.5. The van der Waals surface area contributed by atoms with Crippen molar-refractivity contribution < 1.29 is 0 Å². The summed E-state index contributed by atoms with van der Waals surface area (Å²) < 4.78 is 0. The zero-order valence-corrected chi connectivity index (χ0v) is 7.42. The van der Waals surface area contributed by atoms with Crippen LogP contribution in [-0.2, 0) is 0 Å². The van der Waals surface area contributed by atoms with Crippen molar-refractivity contribution in [2.75, 3.05) is 0 Å². The summed E-state index contributed by atoms with van der Waals surface area (Å²) in [5.74, 6) is 0. The van der Waals surface area contributed by atoms with Crippen molar-refractivity contribution in [2.24, 2.45) is 5.73 Å². The molecule has 1 aromatic rings. The van der Waals surface area contributed by atoms with E-state index in [4.69, 9.17) is 5.73 Å². The first-order valence-corrected chi connectivity index (χ1v) is 4.10. The Morgan fingerprint density at radius 1 is 1.67 bits per heavy atom. The van der Waals surface area contributed by atoms with Crippen molar-refractivity contribution in [1.82, 2.24) is 4.98 Å². The highest BCUT2D eigenvalue weighted by Crippen LogP contribution is 2.14. The van der Waals surface area contributed by atoms with Gasteiger partial charge in [-0.2, -0.15) is 0 Å². The van der Waals surface area contributed by atoms with Crippen molar-refractivity contribution in [3.05, 3.63) is 33.7 Å². The van der Waals surface area contributed by atoms with E-state index < -0.39 is 0 Å². The highest BCUT2D eigenvalue weighted by molar-refractivity contribution is 5.24. The molecule has 1 atom stereocenters. The molecule has 0 aliphatic rings. The van der Waals surface area contributed by atoms with Crippen LogP contribution in [-0.4, -0.2) is 4.98 Å². The van der Waals surface area contributed by atoms with E-state index in [1.807, 2.05) is 13.8 Å². The number of aromatic nitrogens is 1. The third-order valence-electron chi connectivity index (χ3n) is 2.01. The van der Waals surface area contributed by atoms with Crippen LogP contribution in [0.25, 0.3) is 0 Å². The average molecular weight is 166 g/mol. The third-order valence-corrected chi connectivity index (χ3v) is 2.01. The minimum atomic E-state index is -0.0699. The molecule has 12 heavy (non-hydrogen) atoms. The second kappa shape index (κ2) is 3.54. The molecule has 1 aromatic heterocycles. The second-order valence-electron chi connectivity index (χ2n) is 2.95. The highest BCUT2D eigenvalue weighted by atomic mass is 16.1. The zero-order valence-electron chi connectivity index (χ0n) is 7.42. The lowest BCUT2D eigenvalue weighted by Gasteiger charge is -2.10. The quantitative estimate of drug-likeness (QED) is 0.691. The molecule has 0 saturated carbocycles. The van der Waals surface area contributed by atoms with Gasteiger partial charge in [0.25, 0.3) is 0 Å².